The first kappa shape index (κ1) is 18.6. The third-order valence-corrected chi connectivity index (χ3v) is 5.22. The fourth-order valence-corrected chi connectivity index (χ4v) is 3.93. The summed E-state index contributed by atoms with van der Waals surface area (Å²) in [5.41, 5.74) is 2.53. The van der Waals surface area contributed by atoms with Crippen molar-refractivity contribution in [2.75, 3.05) is 19.8 Å². The fraction of sp³-hybridized carbons (Fsp3) is 0.368. The first-order valence-corrected chi connectivity index (χ1v) is 9.29. The molecule has 7 heteroatoms. The molecular formula is C19H21NO5S. The molecule has 1 amide bonds. The Morgan fingerprint density at radius 3 is 2.85 bits per heavy atom. The number of aryl methyl sites for hydroxylation is 1. The summed E-state index contributed by atoms with van der Waals surface area (Å²) in [5.74, 6) is -1.23. The van der Waals surface area contributed by atoms with E-state index in [9.17, 15) is 9.59 Å². The van der Waals surface area contributed by atoms with E-state index in [-0.39, 0.29) is 24.7 Å². The highest BCUT2D eigenvalue weighted by Crippen LogP contribution is 2.32. The van der Waals surface area contributed by atoms with Crippen LogP contribution < -0.4 is 5.32 Å². The molecule has 2 atom stereocenters. The number of thiophene rings is 1. The van der Waals surface area contributed by atoms with Crippen LogP contribution in [0, 0.1) is 6.92 Å². The average Bonchev–Trinajstić information content (AvgIpc) is 3.03. The summed E-state index contributed by atoms with van der Waals surface area (Å²) < 4.78 is 10.9. The van der Waals surface area contributed by atoms with E-state index in [0.717, 1.165) is 16.0 Å². The van der Waals surface area contributed by atoms with Crippen LogP contribution in [0.25, 0.3) is 11.1 Å². The van der Waals surface area contributed by atoms with Crippen molar-refractivity contribution in [1.82, 2.24) is 5.32 Å². The third-order valence-electron chi connectivity index (χ3n) is 4.31. The van der Waals surface area contributed by atoms with Crippen LogP contribution in [0.4, 0.5) is 0 Å². The number of aliphatic carboxylic acids is 1. The number of hydrogen-bond donors (Lipinski definition) is 2. The summed E-state index contributed by atoms with van der Waals surface area (Å²) in [6.07, 6.45) is 0.176. The van der Waals surface area contributed by atoms with Gasteiger partial charge in [-0.3, -0.25) is 4.79 Å². The van der Waals surface area contributed by atoms with Crippen molar-refractivity contribution in [2.24, 2.45) is 0 Å². The number of benzene rings is 1. The molecule has 0 radical (unpaired) electrons. The van der Waals surface area contributed by atoms with Crippen molar-refractivity contribution >= 4 is 23.2 Å². The highest BCUT2D eigenvalue weighted by Gasteiger charge is 2.30. The van der Waals surface area contributed by atoms with Crippen LogP contribution in [0.5, 0.6) is 0 Å². The van der Waals surface area contributed by atoms with Gasteiger partial charge in [0.05, 0.1) is 24.3 Å². The normalized spacial score (nSPS) is 19.9. The molecule has 0 aliphatic carbocycles. The van der Waals surface area contributed by atoms with Crippen LogP contribution in [-0.2, 0) is 14.3 Å². The molecule has 26 heavy (non-hydrogen) atoms. The van der Waals surface area contributed by atoms with Crippen LogP contribution in [-0.4, -0.2) is 48.9 Å². The lowest BCUT2D eigenvalue weighted by atomic mass is 10.0. The fourth-order valence-electron chi connectivity index (χ4n) is 3.06. The number of ether oxygens (including phenoxy) is 2. The predicted octanol–water partition coefficient (Wildman–Crippen LogP) is 2.71. The molecule has 2 N–H and O–H groups in total. The summed E-state index contributed by atoms with van der Waals surface area (Å²) in [7, 11) is 0. The van der Waals surface area contributed by atoms with E-state index >= 15 is 0 Å². The molecule has 1 aromatic heterocycles. The van der Waals surface area contributed by atoms with Crippen LogP contribution in [0.15, 0.2) is 35.7 Å². The minimum absolute atomic E-state index is 0.201. The lowest BCUT2D eigenvalue weighted by Crippen LogP contribution is -2.51. The van der Waals surface area contributed by atoms with E-state index in [1.165, 1.54) is 11.3 Å². The summed E-state index contributed by atoms with van der Waals surface area (Å²) in [4.78, 5) is 24.7. The van der Waals surface area contributed by atoms with Crippen molar-refractivity contribution in [3.8, 4) is 11.1 Å². The van der Waals surface area contributed by atoms with Crippen molar-refractivity contribution in [1.29, 1.82) is 0 Å². The van der Waals surface area contributed by atoms with Gasteiger partial charge in [-0.25, -0.2) is 4.79 Å². The summed E-state index contributed by atoms with van der Waals surface area (Å²) in [6.45, 7) is 2.40. The molecule has 2 aromatic rings. The highest BCUT2D eigenvalue weighted by atomic mass is 32.1. The molecule has 1 aliphatic rings. The van der Waals surface area contributed by atoms with Crippen LogP contribution in [0.1, 0.15) is 21.7 Å². The van der Waals surface area contributed by atoms with Crippen LogP contribution >= 0.6 is 11.3 Å². The van der Waals surface area contributed by atoms with E-state index in [1.807, 2.05) is 42.6 Å². The maximum atomic E-state index is 12.9. The Hall–Kier alpha value is -2.22. The number of carbonyl (C=O) groups excluding carboxylic acids is 1. The minimum Gasteiger partial charge on any atom is -0.480 e. The molecule has 1 saturated heterocycles. The van der Waals surface area contributed by atoms with E-state index < -0.39 is 5.97 Å². The minimum atomic E-state index is -1.03. The van der Waals surface area contributed by atoms with Gasteiger partial charge in [0.15, 0.2) is 0 Å². The van der Waals surface area contributed by atoms with Gasteiger partial charge in [-0.05, 0) is 18.9 Å². The Morgan fingerprint density at radius 2 is 2.12 bits per heavy atom. The van der Waals surface area contributed by atoms with E-state index in [4.69, 9.17) is 14.6 Å². The molecule has 0 bridgehead atoms. The SMILES string of the molecule is Cc1scc(C(=O)N[C@@H]2COCC[C@@H]2OCC(=O)O)c1-c1ccccc1. The molecule has 1 aliphatic heterocycles. The number of nitrogens with one attached hydrogen (secondary N) is 1. The number of carboxylic acid groups (broad SMARTS) is 1. The van der Waals surface area contributed by atoms with Crippen LogP contribution in [0.3, 0.4) is 0 Å². The molecule has 1 fully saturated rings. The van der Waals surface area contributed by atoms with Crippen molar-refractivity contribution in [2.45, 2.75) is 25.5 Å². The maximum Gasteiger partial charge on any atom is 0.329 e. The molecule has 6 nitrogen and oxygen atoms in total. The van der Waals surface area contributed by atoms with Crippen molar-refractivity contribution < 1.29 is 24.2 Å². The maximum absolute atomic E-state index is 12.9. The molecule has 0 spiro atoms. The average molecular weight is 375 g/mol. The first-order valence-electron chi connectivity index (χ1n) is 8.41. The van der Waals surface area contributed by atoms with Gasteiger partial charge in [0, 0.05) is 22.4 Å². The Labute approximate surface area is 155 Å². The van der Waals surface area contributed by atoms with Gasteiger partial charge in [-0.2, -0.15) is 0 Å². The van der Waals surface area contributed by atoms with Gasteiger partial charge in [-0.15, -0.1) is 11.3 Å². The predicted molar refractivity (Wildman–Crippen MR) is 98.6 cm³/mol. The second kappa shape index (κ2) is 8.44. The zero-order valence-corrected chi connectivity index (χ0v) is 15.3. The number of rotatable bonds is 6. The Kier molecular flexibility index (Phi) is 6.03. The molecule has 1 aromatic carbocycles. The number of carboxylic acids is 1. The zero-order valence-electron chi connectivity index (χ0n) is 14.4. The standard InChI is InChI=1S/C19H21NO5S/c1-12-18(13-5-3-2-4-6-13)14(11-26-12)19(23)20-15-9-24-8-7-16(15)25-10-17(21)22/h2-6,11,15-16H,7-10H2,1H3,(H,20,23)(H,21,22)/t15-,16+/m1/s1. The van der Waals surface area contributed by atoms with E-state index in [2.05, 4.69) is 5.32 Å². The topological polar surface area (TPSA) is 84.9 Å². The summed E-state index contributed by atoms with van der Waals surface area (Å²) >= 11 is 1.53. The number of carbonyl (C=O) groups is 2. The smallest absolute Gasteiger partial charge is 0.329 e. The first-order chi connectivity index (χ1) is 12.6. The molecule has 0 unspecified atom stereocenters. The Morgan fingerprint density at radius 1 is 1.35 bits per heavy atom. The summed E-state index contributed by atoms with van der Waals surface area (Å²) in [5, 5.41) is 13.6. The van der Waals surface area contributed by atoms with Crippen molar-refractivity contribution in [3.05, 3.63) is 46.2 Å². The molecule has 3 rings (SSSR count). The van der Waals surface area contributed by atoms with Gasteiger partial charge in [-0.1, -0.05) is 30.3 Å². The summed E-state index contributed by atoms with van der Waals surface area (Å²) in [6, 6.07) is 9.41. The monoisotopic (exact) mass is 375 g/mol. The van der Waals surface area contributed by atoms with Crippen molar-refractivity contribution in [3.63, 3.8) is 0 Å². The van der Waals surface area contributed by atoms with Gasteiger partial charge < -0.3 is 19.9 Å². The third kappa shape index (κ3) is 4.30. The lowest BCUT2D eigenvalue weighted by molar-refractivity contribution is -0.147. The quantitative estimate of drug-likeness (QED) is 0.811. The van der Waals surface area contributed by atoms with Crippen LogP contribution in [0.2, 0.25) is 0 Å². The lowest BCUT2D eigenvalue weighted by Gasteiger charge is -2.31. The number of hydrogen-bond acceptors (Lipinski definition) is 5. The van der Waals surface area contributed by atoms with E-state index in [0.29, 0.717) is 25.2 Å². The molecule has 138 valence electrons. The largest absolute Gasteiger partial charge is 0.480 e. The second-order valence-electron chi connectivity index (χ2n) is 6.13. The van der Waals surface area contributed by atoms with E-state index in [1.54, 1.807) is 0 Å². The zero-order chi connectivity index (χ0) is 18.5. The van der Waals surface area contributed by atoms with Gasteiger partial charge in [0.1, 0.15) is 6.61 Å². The van der Waals surface area contributed by atoms with Gasteiger partial charge >= 0.3 is 5.97 Å². The molecule has 2 heterocycles. The Bertz CT molecular complexity index is 773. The second-order valence-corrected chi connectivity index (χ2v) is 7.22. The van der Waals surface area contributed by atoms with Gasteiger partial charge in [0.25, 0.3) is 5.91 Å². The molecule has 0 saturated carbocycles. The van der Waals surface area contributed by atoms with Gasteiger partial charge in [0.2, 0.25) is 0 Å². The molecular weight excluding hydrogens is 354 g/mol. The Balaban J connectivity index is 1.76. The highest BCUT2D eigenvalue weighted by molar-refractivity contribution is 7.10. The number of amides is 1.